The molecule has 3 aromatic carbocycles. The van der Waals surface area contributed by atoms with Crippen LogP contribution in [-0.4, -0.2) is 50.8 Å². The molecule has 0 aliphatic heterocycles. The quantitative estimate of drug-likeness (QED) is 0.345. The molecule has 0 radical (unpaired) electrons. The number of rotatable bonds is 11. The summed E-state index contributed by atoms with van der Waals surface area (Å²) in [6, 6.07) is 19.4. The lowest BCUT2D eigenvalue weighted by molar-refractivity contribution is -0.138. The number of anilines is 1. The summed E-state index contributed by atoms with van der Waals surface area (Å²) in [5.74, 6) is -0.862. The molecule has 0 spiro atoms. The van der Waals surface area contributed by atoms with Crippen LogP contribution in [0.15, 0.2) is 77.7 Å². The Morgan fingerprint density at radius 3 is 2.13 bits per heavy atom. The summed E-state index contributed by atoms with van der Waals surface area (Å²) in [4.78, 5) is 27.9. The van der Waals surface area contributed by atoms with Crippen LogP contribution in [0.5, 0.6) is 0 Å². The van der Waals surface area contributed by atoms with Gasteiger partial charge in [-0.2, -0.15) is 0 Å². The number of sulfonamides is 1. The first-order chi connectivity index (χ1) is 18.0. The number of halogens is 2. The van der Waals surface area contributed by atoms with Gasteiger partial charge in [0.1, 0.15) is 12.6 Å². The van der Waals surface area contributed by atoms with Gasteiger partial charge in [-0.15, -0.1) is 0 Å². The Labute approximate surface area is 234 Å². The fourth-order valence-electron chi connectivity index (χ4n) is 3.94. The Morgan fingerprint density at radius 2 is 1.55 bits per heavy atom. The predicted octanol–water partition coefficient (Wildman–Crippen LogP) is 5.09. The highest BCUT2D eigenvalue weighted by atomic mass is 35.5. The highest BCUT2D eigenvalue weighted by molar-refractivity contribution is 7.92. The van der Waals surface area contributed by atoms with Gasteiger partial charge in [0.05, 0.1) is 10.6 Å². The standard InChI is InChI=1S/C28H31Cl2N3O4S/c1-4-31-28(35)21(3)32(15-14-22-8-6-5-7-9-22)27(34)19-33(25-17-23(29)16-24(30)18-25)38(36,37)26-12-10-20(2)11-13-26/h5-13,16-18,21H,4,14-15,19H2,1-3H3,(H,31,35). The van der Waals surface area contributed by atoms with E-state index < -0.39 is 28.5 Å². The Morgan fingerprint density at radius 1 is 0.947 bits per heavy atom. The lowest BCUT2D eigenvalue weighted by Gasteiger charge is -2.32. The van der Waals surface area contributed by atoms with Gasteiger partial charge in [-0.1, -0.05) is 71.2 Å². The summed E-state index contributed by atoms with van der Waals surface area (Å²) in [5, 5.41) is 3.19. The molecule has 1 atom stereocenters. The van der Waals surface area contributed by atoms with Crippen molar-refractivity contribution in [1.82, 2.24) is 10.2 Å². The van der Waals surface area contributed by atoms with Gasteiger partial charge in [0.25, 0.3) is 10.0 Å². The van der Waals surface area contributed by atoms with Gasteiger partial charge in [-0.3, -0.25) is 13.9 Å². The van der Waals surface area contributed by atoms with E-state index in [-0.39, 0.29) is 33.1 Å². The van der Waals surface area contributed by atoms with Crippen molar-refractivity contribution >= 4 is 50.7 Å². The zero-order valence-electron chi connectivity index (χ0n) is 21.5. The average Bonchev–Trinajstić information content (AvgIpc) is 2.87. The van der Waals surface area contributed by atoms with E-state index in [1.54, 1.807) is 26.0 Å². The molecule has 202 valence electrons. The molecule has 0 aromatic heterocycles. The number of carbonyl (C=O) groups excluding carboxylic acids is 2. The molecule has 0 saturated carbocycles. The third-order valence-electron chi connectivity index (χ3n) is 6.03. The monoisotopic (exact) mass is 575 g/mol. The second-order valence-corrected chi connectivity index (χ2v) is 11.6. The third-order valence-corrected chi connectivity index (χ3v) is 8.25. The number of carbonyl (C=O) groups is 2. The Hall–Kier alpha value is -3.07. The molecule has 1 unspecified atom stereocenters. The van der Waals surface area contributed by atoms with Crippen LogP contribution in [0.3, 0.4) is 0 Å². The molecule has 0 bridgehead atoms. The molecule has 3 aromatic rings. The minimum atomic E-state index is -4.19. The molecule has 2 amide bonds. The number of likely N-dealkylation sites (N-methyl/N-ethyl adjacent to an activating group) is 1. The van der Waals surface area contributed by atoms with Gasteiger partial charge in [0.2, 0.25) is 11.8 Å². The van der Waals surface area contributed by atoms with E-state index in [1.807, 2.05) is 37.3 Å². The molecule has 3 rings (SSSR count). The summed E-state index contributed by atoms with van der Waals surface area (Å²) in [7, 11) is -4.19. The Balaban J connectivity index is 2.01. The number of hydrogen-bond acceptors (Lipinski definition) is 4. The lowest BCUT2D eigenvalue weighted by atomic mass is 10.1. The first kappa shape index (κ1) is 29.5. The van der Waals surface area contributed by atoms with Crippen LogP contribution >= 0.6 is 23.2 Å². The molecule has 7 nitrogen and oxygen atoms in total. The van der Waals surface area contributed by atoms with Gasteiger partial charge in [0, 0.05) is 23.1 Å². The molecule has 0 fully saturated rings. The summed E-state index contributed by atoms with van der Waals surface area (Å²) < 4.78 is 28.6. The van der Waals surface area contributed by atoms with Crippen LogP contribution in [0.1, 0.15) is 25.0 Å². The topological polar surface area (TPSA) is 86.8 Å². The summed E-state index contributed by atoms with van der Waals surface area (Å²) in [6.45, 7) is 5.34. The highest BCUT2D eigenvalue weighted by Gasteiger charge is 2.32. The largest absolute Gasteiger partial charge is 0.355 e. The predicted molar refractivity (Wildman–Crippen MR) is 152 cm³/mol. The van der Waals surface area contributed by atoms with E-state index >= 15 is 0 Å². The maximum Gasteiger partial charge on any atom is 0.264 e. The van der Waals surface area contributed by atoms with Gasteiger partial charge >= 0.3 is 0 Å². The second-order valence-electron chi connectivity index (χ2n) is 8.85. The minimum Gasteiger partial charge on any atom is -0.355 e. The van der Waals surface area contributed by atoms with Crippen molar-refractivity contribution in [2.24, 2.45) is 0 Å². The van der Waals surface area contributed by atoms with Crippen LogP contribution in [-0.2, 0) is 26.0 Å². The van der Waals surface area contributed by atoms with Crippen LogP contribution in [0.4, 0.5) is 5.69 Å². The normalized spacial score (nSPS) is 12.0. The van der Waals surface area contributed by atoms with E-state index in [4.69, 9.17) is 23.2 Å². The minimum absolute atomic E-state index is 0.0135. The zero-order chi connectivity index (χ0) is 27.9. The van der Waals surface area contributed by atoms with Gasteiger partial charge in [-0.05, 0) is 63.1 Å². The summed E-state index contributed by atoms with van der Waals surface area (Å²) in [6.07, 6.45) is 0.490. The van der Waals surface area contributed by atoms with Crippen molar-refractivity contribution in [3.05, 3.63) is 94.0 Å². The van der Waals surface area contributed by atoms with E-state index in [1.165, 1.54) is 35.2 Å². The number of hydrogen-bond donors (Lipinski definition) is 1. The van der Waals surface area contributed by atoms with E-state index in [2.05, 4.69) is 5.32 Å². The van der Waals surface area contributed by atoms with Crippen LogP contribution in [0.2, 0.25) is 10.0 Å². The van der Waals surface area contributed by atoms with Gasteiger partial charge in [0.15, 0.2) is 0 Å². The SMILES string of the molecule is CCNC(=O)C(C)N(CCc1ccccc1)C(=O)CN(c1cc(Cl)cc(Cl)c1)S(=O)(=O)c1ccc(C)cc1. The molecular weight excluding hydrogens is 545 g/mol. The molecule has 0 aliphatic rings. The van der Waals surface area contributed by atoms with Gasteiger partial charge < -0.3 is 10.2 Å². The fourth-order valence-corrected chi connectivity index (χ4v) is 5.85. The smallest absolute Gasteiger partial charge is 0.264 e. The van der Waals surface area contributed by atoms with E-state index in [0.717, 1.165) is 15.4 Å². The molecule has 0 heterocycles. The lowest BCUT2D eigenvalue weighted by Crippen LogP contribution is -2.52. The number of benzene rings is 3. The van der Waals surface area contributed by atoms with E-state index in [9.17, 15) is 18.0 Å². The molecule has 10 heteroatoms. The maximum absolute atomic E-state index is 13.8. The maximum atomic E-state index is 13.8. The zero-order valence-corrected chi connectivity index (χ0v) is 23.9. The van der Waals surface area contributed by atoms with Crippen molar-refractivity contribution in [1.29, 1.82) is 0 Å². The van der Waals surface area contributed by atoms with Crippen molar-refractivity contribution < 1.29 is 18.0 Å². The molecule has 0 saturated heterocycles. The summed E-state index contributed by atoms with van der Waals surface area (Å²) >= 11 is 12.4. The molecule has 0 aliphatic carbocycles. The van der Waals surface area contributed by atoms with Crippen molar-refractivity contribution in [3.63, 3.8) is 0 Å². The van der Waals surface area contributed by atoms with Crippen molar-refractivity contribution in [2.45, 2.75) is 38.1 Å². The number of nitrogens with zero attached hydrogens (tertiary/aromatic N) is 2. The summed E-state index contributed by atoms with van der Waals surface area (Å²) in [5.41, 5.74) is 2.02. The fraction of sp³-hybridized carbons (Fsp3) is 0.286. The number of amides is 2. The highest BCUT2D eigenvalue weighted by Crippen LogP contribution is 2.30. The van der Waals surface area contributed by atoms with E-state index in [0.29, 0.717) is 13.0 Å². The molecular formula is C28H31Cl2N3O4S. The Bertz CT molecular complexity index is 1350. The average molecular weight is 577 g/mol. The first-order valence-electron chi connectivity index (χ1n) is 12.2. The molecule has 38 heavy (non-hydrogen) atoms. The van der Waals surface area contributed by atoms with Gasteiger partial charge in [-0.25, -0.2) is 8.42 Å². The second kappa shape index (κ2) is 13.1. The molecule has 1 N–H and O–H groups in total. The number of nitrogens with one attached hydrogen (secondary N) is 1. The van der Waals surface area contributed by atoms with Crippen LogP contribution in [0.25, 0.3) is 0 Å². The van der Waals surface area contributed by atoms with Crippen molar-refractivity contribution in [3.8, 4) is 0 Å². The van der Waals surface area contributed by atoms with Crippen molar-refractivity contribution in [2.75, 3.05) is 23.9 Å². The van der Waals surface area contributed by atoms with Crippen LogP contribution in [0, 0.1) is 6.92 Å². The number of aryl methyl sites for hydroxylation is 1. The Kier molecular flexibility index (Phi) is 10.2. The van der Waals surface area contributed by atoms with Crippen LogP contribution < -0.4 is 9.62 Å². The third kappa shape index (κ3) is 7.49. The first-order valence-corrected chi connectivity index (χ1v) is 14.4.